The van der Waals surface area contributed by atoms with Crippen molar-refractivity contribution < 1.29 is 14.3 Å². The maximum absolute atomic E-state index is 12.6. The molecule has 3 aromatic rings. The molecule has 5 nitrogen and oxygen atoms in total. The average molecular weight is 507 g/mol. The third-order valence-corrected chi connectivity index (χ3v) is 7.94. The van der Waals surface area contributed by atoms with E-state index in [1.807, 2.05) is 13.0 Å². The van der Waals surface area contributed by atoms with Crippen LogP contribution in [0.5, 0.6) is 5.75 Å². The molecule has 0 heterocycles. The van der Waals surface area contributed by atoms with Gasteiger partial charge in [0, 0.05) is 37.3 Å². The van der Waals surface area contributed by atoms with E-state index in [9.17, 15) is 9.59 Å². The van der Waals surface area contributed by atoms with Gasteiger partial charge in [0.25, 0.3) is 0 Å². The van der Waals surface area contributed by atoms with Gasteiger partial charge < -0.3 is 14.5 Å². The van der Waals surface area contributed by atoms with E-state index in [1.165, 1.54) is 18.1 Å². The van der Waals surface area contributed by atoms with Crippen molar-refractivity contribution >= 4 is 35.6 Å². The van der Waals surface area contributed by atoms with E-state index in [4.69, 9.17) is 4.74 Å². The first-order valence-electron chi connectivity index (χ1n) is 11.8. The molecule has 0 aliphatic rings. The topological polar surface area (TPSA) is 49.9 Å². The van der Waals surface area contributed by atoms with Crippen molar-refractivity contribution in [3.8, 4) is 5.75 Å². The van der Waals surface area contributed by atoms with Gasteiger partial charge in [-0.05, 0) is 76.0 Å². The van der Waals surface area contributed by atoms with Crippen molar-refractivity contribution in [3.05, 3.63) is 83.4 Å². The average Bonchev–Trinajstić information content (AvgIpc) is 2.81. The SMILES string of the molecule is C.CCC(=O)c1ccc(OC(C)=O)c(P(c2ccc(CN(C)C)cc2)c2ccc(CN(C)C)cc2)c1. The second-order valence-corrected chi connectivity index (χ2v) is 11.4. The smallest absolute Gasteiger partial charge is 0.308 e. The summed E-state index contributed by atoms with van der Waals surface area (Å²) < 4.78 is 5.64. The summed E-state index contributed by atoms with van der Waals surface area (Å²) in [5.41, 5.74) is 3.09. The second kappa shape index (κ2) is 13.5. The molecule has 0 saturated carbocycles. The van der Waals surface area contributed by atoms with Gasteiger partial charge >= 0.3 is 5.97 Å². The first kappa shape index (κ1) is 29.4. The van der Waals surface area contributed by atoms with E-state index in [-0.39, 0.29) is 19.2 Å². The van der Waals surface area contributed by atoms with Crippen LogP contribution in [0.25, 0.3) is 0 Å². The zero-order valence-electron chi connectivity index (χ0n) is 21.5. The summed E-state index contributed by atoms with van der Waals surface area (Å²) in [6, 6.07) is 22.7. The fourth-order valence-corrected chi connectivity index (χ4v) is 6.33. The number of rotatable bonds is 10. The van der Waals surface area contributed by atoms with E-state index in [0.717, 1.165) is 29.0 Å². The van der Waals surface area contributed by atoms with Crippen molar-refractivity contribution in [2.45, 2.75) is 40.8 Å². The molecule has 0 fully saturated rings. The maximum atomic E-state index is 12.6. The molecule has 0 spiro atoms. The Balaban J connectivity index is 0.00000456. The standard InChI is InChI=1S/C29H35N2O3P.CH4/c1-7-27(33)24-12-17-28(34-21(2)32)29(18-24)35(25-13-8-22(9-14-25)19-30(3)4)26-15-10-23(11-16-26)20-31(5)6;/h8-18H,7,19-20H2,1-6H3;1H4. The lowest BCUT2D eigenvalue weighted by Crippen LogP contribution is -2.24. The molecule has 0 atom stereocenters. The van der Waals surface area contributed by atoms with Gasteiger partial charge in [-0.25, -0.2) is 0 Å². The van der Waals surface area contributed by atoms with Crippen LogP contribution in [-0.2, 0) is 17.9 Å². The number of esters is 1. The normalized spacial score (nSPS) is 11.0. The van der Waals surface area contributed by atoms with Gasteiger partial charge in [-0.2, -0.15) is 0 Å². The molecule has 0 radical (unpaired) electrons. The van der Waals surface area contributed by atoms with E-state index in [0.29, 0.717) is 17.7 Å². The summed E-state index contributed by atoms with van der Waals surface area (Å²) in [4.78, 5) is 28.8. The van der Waals surface area contributed by atoms with Gasteiger partial charge in [0.15, 0.2) is 5.78 Å². The van der Waals surface area contributed by atoms with Gasteiger partial charge in [0.2, 0.25) is 0 Å². The highest BCUT2D eigenvalue weighted by Gasteiger charge is 2.23. The first-order valence-corrected chi connectivity index (χ1v) is 13.1. The fourth-order valence-electron chi connectivity index (χ4n) is 3.97. The summed E-state index contributed by atoms with van der Waals surface area (Å²) in [6.45, 7) is 4.98. The largest absolute Gasteiger partial charge is 0.426 e. The van der Waals surface area contributed by atoms with Crippen molar-refractivity contribution in [3.63, 3.8) is 0 Å². The molecule has 0 saturated heterocycles. The predicted molar refractivity (Wildman–Crippen MR) is 153 cm³/mol. The lowest BCUT2D eigenvalue weighted by Gasteiger charge is -2.23. The molecule has 0 bridgehead atoms. The molecule has 0 aliphatic heterocycles. The fraction of sp³-hybridized carbons (Fsp3) is 0.333. The Morgan fingerprint density at radius 1 is 0.778 bits per heavy atom. The summed E-state index contributed by atoms with van der Waals surface area (Å²) in [6.07, 6.45) is 0.419. The number of hydrogen-bond acceptors (Lipinski definition) is 5. The maximum Gasteiger partial charge on any atom is 0.308 e. The lowest BCUT2D eigenvalue weighted by molar-refractivity contribution is -0.131. The van der Waals surface area contributed by atoms with Crippen LogP contribution < -0.4 is 20.7 Å². The van der Waals surface area contributed by atoms with Gasteiger partial charge in [-0.15, -0.1) is 0 Å². The molecule has 0 N–H and O–H groups in total. The van der Waals surface area contributed by atoms with Crippen LogP contribution in [0.1, 0.15) is 49.2 Å². The number of nitrogens with zero attached hydrogens (tertiary/aromatic N) is 2. The predicted octanol–water partition coefficient (Wildman–Crippen LogP) is 4.72. The van der Waals surface area contributed by atoms with Crippen molar-refractivity contribution in [1.82, 2.24) is 9.80 Å². The summed E-state index contributed by atoms with van der Waals surface area (Å²) in [5, 5.41) is 3.14. The third-order valence-electron chi connectivity index (χ3n) is 5.48. The Morgan fingerprint density at radius 3 is 1.64 bits per heavy atom. The van der Waals surface area contributed by atoms with Crippen molar-refractivity contribution in [2.75, 3.05) is 28.2 Å². The number of carbonyl (C=O) groups is 2. The Hall–Kier alpha value is -2.85. The summed E-state index contributed by atoms with van der Waals surface area (Å²) in [7, 11) is 7.15. The number of carbonyl (C=O) groups excluding carboxylic acids is 2. The number of benzene rings is 3. The molecule has 6 heteroatoms. The minimum Gasteiger partial charge on any atom is -0.426 e. The number of hydrogen-bond donors (Lipinski definition) is 0. The second-order valence-electron chi connectivity index (χ2n) is 9.20. The van der Waals surface area contributed by atoms with Crippen molar-refractivity contribution in [1.29, 1.82) is 0 Å². The zero-order chi connectivity index (χ0) is 25.5. The van der Waals surface area contributed by atoms with Crippen LogP contribution in [0.4, 0.5) is 0 Å². The number of Topliss-reactive ketones (excluding diaryl/α,β-unsaturated/α-hetero) is 1. The molecule has 36 heavy (non-hydrogen) atoms. The summed E-state index contributed by atoms with van der Waals surface area (Å²) in [5.74, 6) is 0.197. The van der Waals surface area contributed by atoms with E-state index < -0.39 is 7.92 Å². The molecular weight excluding hydrogens is 467 g/mol. The van der Waals surface area contributed by atoms with Crippen molar-refractivity contribution in [2.24, 2.45) is 0 Å². The summed E-state index contributed by atoms with van der Waals surface area (Å²) >= 11 is 0. The third kappa shape index (κ3) is 7.83. The Labute approximate surface area is 217 Å². The van der Waals surface area contributed by atoms with Crippen LogP contribution >= 0.6 is 7.92 Å². The van der Waals surface area contributed by atoms with E-state index >= 15 is 0 Å². The highest BCUT2D eigenvalue weighted by molar-refractivity contribution is 7.80. The minimum atomic E-state index is -1.07. The number of ketones is 1. The highest BCUT2D eigenvalue weighted by atomic mass is 31.1. The minimum absolute atomic E-state index is 0. The molecule has 0 unspecified atom stereocenters. The van der Waals surface area contributed by atoms with Gasteiger partial charge in [0.1, 0.15) is 5.75 Å². The van der Waals surface area contributed by atoms with Gasteiger partial charge in [-0.3, -0.25) is 9.59 Å². The number of ether oxygens (including phenoxy) is 1. The quantitative estimate of drug-likeness (QED) is 0.172. The lowest BCUT2D eigenvalue weighted by atomic mass is 10.1. The van der Waals surface area contributed by atoms with E-state index in [1.54, 1.807) is 12.1 Å². The van der Waals surface area contributed by atoms with Crippen LogP contribution in [0.15, 0.2) is 66.7 Å². The van der Waals surface area contributed by atoms with Crippen LogP contribution in [0.3, 0.4) is 0 Å². The Kier molecular flexibility index (Phi) is 11.0. The van der Waals surface area contributed by atoms with Gasteiger partial charge in [-0.1, -0.05) is 62.9 Å². The van der Waals surface area contributed by atoms with Crippen LogP contribution in [0.2, 0.25) is 0 Å². The Bertz CT molecular complexity index is 1100. The molecule has 3 aromatic carbocycles. The monoisotopic (exact) mass is 506 g/mol. The molecule has 3 rings (SSSR count). The molecule has 0 aliphatic carbocycles. The van der Waals surface area contributed by atoms with Crippen LogP contribution in [-0.4, -0.2) is 49.7 Å². The highest BCUT2D eigenvalue weighted by Crippen LogP contribution is 2.37. The molecule has 0 amide bonds. The zero-order valence-corrected chi connectivity index (χ0v) is 22.4. The van der Waals surface area contributed by atoms with E-state index in [2.05, 4.69) is 86.5 Å². The Morgan fingerprint density at radius 2 is 1.25 bits per heavy atom. The van der Waals surface area contributed by atoms with Crippen LogP contribution in [0, 0.1) is 0 Å². The molecule has 0 aromatic heterocycles. The van der Waals surface area contributed by atoms with Gasteiger partial charge in [0.05, 0.1) is 0 Å². The molecular formula is C30H39N2O3P. The molecule has 192 valence electrons. The first-order chi connectivity index (χ1) is 16.7.